The second-order valence-corrected chi connectivity index (χ2v) is 36.0. The number of esters is 1. The van der Waals surface area contributed by atoms with Gasteiger partial charge < -0.3 is 72.2 Å². The normalized spacial score (nSPS) is 10.2. The molecule has 2 heterocycles. The summed E-state index contributed by atoms with van der Waals surface area (Å²) in [6, 6.07) is 16.0. The highest BCUT2D eigenvalue weighted by Crippen LogP contribution is 2.47. The molecule has 7 aromatic carbocycles. The molecular weight excluding hydrogens is 2510 g/mol. The first-order chi connectivity index (χ1) is 47.4. The van der Waals surface area contributed by atoms with E-state index in [1.165, 1.54) is 22.7 Å². The lowest BCUT2D eigenvalue weighted by Gasteiger charge is -2.13. The third-order valence-electron chi connectivity index (χ3n) is 11.9. The molecule has 0 bridgehead atoms. The summed E-state index contributed by atoms with van der Waals surface area (Å²) in [5.41, 5.74) is 33.5. The van der Waals surface area contributed by atoms with Gasteiger partial charge >= 0.3 is 12.0 Å². The van der Waals surface area contributed by atoms with E-state index in [1.807, 2.05) is 31.2 Å². The van der Waals surface area contributed by atoms with Crippen molar-refractivity contribution in [1.29, 1.82) is 0 Å². The molecule has 0 unspecified atom stereocenters. The van der Waals surface area contributed by atoms with Crippen molar-refractivity contribution in [3.05, 3.63) is 142 Å². The van der Waals surface area contributed by atoms with Crippen molar-refractivity contribution in [1.82, 2.24) is 15.3 Å². The number of hydrogen-bond acceptors (Lipinski definition) is 20. The number of phenols is 1. The van der Waals surface area contributed by atoms with Crippen LogP contribution in [0.5, 0.6) is 40.2 Å². The maximum absolute atomic E-state index is 11.5. The number of anilines is 5. The lowest BCUT2D eigenvalue weighted by Crippen LogP contribution is -2.28. The Bertz CT molecular complexity index is 4400. The molecule has 0 radical (unpaired) electrons. The van der Waals surface area contributed by atoms with Crippen LogP contribution in [0.2, 0.25) is 0 Å². The molecule has 101 heavy (non-hydrogen) atoms. The summed E-state index contributed by atoms with van der Waals surface area (Å²) in [6.45, 7) is 4.57. The molecule has 2 amide bonds. The molecule has 0 aliphatic heterocycles. The molecule has 0 saturated heterocycles. The number of nitrogens with zero attached hydrogens (tertiary/aromatic N) is 2. The number of methoxy groups -OCH3 is 6. The number of thiazole rings is 2. The highest BCUT2D eigenvalue weighted by Gasteiger charge is 2.20. The summed E-state index contributed by atoms with van der Waals surface area (Å²) >= 11 is 70.5. The first-order valence-corrected chi connectivity index (χ1v) is 43.3. The molecule has 0 saturated carbocycles. The molecule has 0 aliphatic rings. The predicted molar refractivity (Wildman–Crippen MR) is 482 cm³/mol. The Morgan fingerprint density at radius 3 is 1.26 bits per heavy atom. The van der Waals surface area contributed by atoms with Crippen LogP contribution in [-0.4, -0.2) is 92.7 Å². The van der Waals surface area contributed by atoms with Crippen molar-refractivity contribution in [2.24, 2.45) is 5.73 Å². The molecule has 548 valence electrons. The van der Waals surface area contributed by atoms with E-state index in [1.54, 1.807) is 79.9 Å². The Morgan fingerprint density at radius 2 is 0.842 bits per heavy atom. The largest absolute Gasteiger partial charge is 0.506 e. The summed E-state index contributed by atoms with van der Waals surface area (Å²) in [4.78, 5) is 32.5. The van der Waals surface area contributed by atoms with Gasteiger partial charge in [-0.25, -0.2) is 14.8 Å². The van der Waals surface area contributed by atoms with Gasteiger partial charge in [0.2, 0.25) is 0 Å². The molecule has 13 N–H and O–H groups in total. The summed E-state index contributed by atoms with van der Waals surface area (Å²) < 4.78 is 51.9. The number of benzene rings is 7. The summed E-state index contributed by atoms with van der Waals surface area (Å²) in [6.07, 6.45) is 1.21. The van der Waals surface area contributed by atoms with Crippen molar-refractivity contribution in [2.45, 2.75) is 33.1 Å². The van der Waals surface area contributed by atoms with E-state index in [9.17, 15) is 14.7 Å². The highest BCUT2D eigenvalue weighted by molar-refractivity contribution is 9.14. The van der Waals surface area contributed by atoms with Crippen molar-refractivity contribution < 1.29 is 47.9 Å². The lowest BCUT2D eigenvalue weighted by atomic mass is 10.1. The standard InChI is InChI=1S/C13H13Br3O3S.C11H11Br2N3O2S.C9H8Br3NOS.C8H6Br2N2OS.C7H6Br3NO.C7H7Br2NO.C6H5Br2NO/c1-3-19-10(17)6-8(20)4-7-5-9(14)13(18-2)12(16)11(7)15;1-3-14-10(17)16-11-15-6-4-5(12)8(18-2)7(13)9(6)19-11;1-14-9-5(10)2-4(3-6(13)15)7(11)8(9)12;1-13-6-3(9)2-4-7(5(6)10)14-8(11)12-4;1-12-7-3(8)2-4(11)5(9)6(7)10;1-11-7-5(8)2-4(10)3-6(7)9;7-4-1-3(9)2-5(8)6(4)10/h5H,3-4,6H2,1-2H3;4H,3H2,1-2H3,(H2,14,15,16,17);2H,3H2,1H3,(H2,13,15);2H,1H3,(H2,11,12);2H,11H2,1H3;2-3H,10H2,1H3;1-2,10H,9H2. The Kier molecular flexibility index (Phi) is 43.4. The fraction of sp³-hybridized carbons (Fsp3) is 0.213. The molecule has 19 nitrogen and oxygen atoms in total. The van der Waals surface area contributed by atoms with Gasteiger partial charge in [-0.1, -0.05) is 47.1 Å². The molecule has 2 aromatic heterocycles. The number of nitrogen functional groups attached to an aromatic ring is 4. The number of amides is 2. The number of nitrogens with two attached hydrogens (primary N) is 5. The van der Waals surface area contributed by atoms with Crippen LogP contribution < -0.4 is 67.7 Å². The van der Waals surface area contributed by atoms with Gasteiger partial charge in [-0.05, 0) is 350 Å². The van der Waals surface area contributed by atoms with Crippen molar-refractivity contribution >= 4 is 388 Å². The van der Waals surface area contributed by atoms with Gasteiger partial charge in [0.15, 0.2) is 10.3 Å². The molecule has 0 aliphatic carbocycles. The number of carbonyl (C=O) groups excluding carboxylic acids is 2. The second-order valence-electron chi connectivity index (χ2n) is 18.8. The third-order valence-corrected chi connectivity index (χ3v) is 28.1. The minimum Gasteiger partial charge on any atom is -0.506 e. The number of aromatic hydroxyl groups is 1. The fourth-order valence-corrected chi connectivity index (χ4v) is 21.4. The smallest absolute Gasteiger partial charge is 0.321 e. The molecule has 9 rings (SSSR count). The number of fused-ring (bicyclic) bond motifs is 2. The van der Waals surface area contributed by atoms with Gasteiger partial charge in [0.05, 0.1) is 148 Å². The van der Waals surface area contributed by atoms with Crippen molar-refractivity contribution in [2.75, 3.05) is 84.1 Å². The molecular formula is C61H56Br17N9O10S4. The van der Waals surface area contributed by atoms with Gasteiger partial charge in [-0.2, -0.15) is 0 Å². The number of rotatable bonds is 15. The van der Waals surface area contributed by atoms with Crippen molar-refractivity contribution in [3.8, 4) is 40.2 Å². The average molecular weight is 2560 g/mol. The van der Waals surface area contributed by atoms with E-state index in [0.717, 1.165) is 122 Å². The van der Waals surface area contributed by atoms with E-state index in [4.69, 9.17) is 86.3 Å². The van der Waals surface area contributed by atoms with Gasteiger partial charge in [0.25, 0.3) is 0 Å². The number of hydrogen-bond donors (Lipinski definition) is 8. The summed E-state index contributed by atoms with van der Waals surface area (Å²) in [5.74, 6) is 4.30. The third kappa shape index (κ3) is 28.4. The van der Waals surface area contributed by atoms with Crippen LogP contribution in [0.3, 0.4) is 0 Å². The zero-order valence-corrected chi connectivity index (χ0v) is 83.4. The number of ether oxygens (including phenoxy) is 7. The van der Waals surface area contributed by atoms with Crippen LogP contribution in [0.4, 0.5) is 32.1 Å². The Morgan fingerprint density at radius 1 is 0.475 bits per heavy atom. The quantitative estimate of drug-likeness (QED) is 0.0155. The number of halogens is 17. The SMILES string of the molecule is CCNC(=O)Nc1nc2cc(Br)c(OC)c(Br)c2s1.CCOC(=O)CC(=S)Cc1cc(Br)c(OC)c(Br)c1Br.COc1c(Br)cc(CC(N)=S)c(Br)c1Br.COc1c(Br)cc(N)c(Br)c1Br.COc1c(Br)cc(N)cc1Br.COc1c(Br)cc2nc(N)sc2c1Br.Nc1cc(Br)c(O)c(Br)c1. The molecule has 40 heteroatoms. The van der Waals surface area contributed by atoms with Gasteiger partial charge in [0, 0.05) is 50.3 Å². The number of phenolic OH excluding ortho intramolecular Hbond substituents is 1. The van der Waals surface area contributed by atoms with Crippen LogP contribution in [0.25, 0.3) is 20.4 Å². The maximum Gasteiger partial charge on any atom is 0.321 e. The van der Waals surface area contributed by atoms with Crippen LogP contribution in [0, 0.1) is 0 Å². The van der Waals surface area contributed by atoms with Gasteiger partial charge in [-0.15, -0.1) is 0 Å². The second kappa shape index (κ2) is 46.5. The molecule has 0 spiro atoms. The number of aromatic nitrogens is 2. The molecule has 0 atom stereocenters. The summed E-state index contributed by atoms with van der Waals surface area (Å²) in [7, 11) is 9.66. The minimum atomic E-state index is -0.291. The van der Waals surface area contributed by atoms with E-state index in [0.29, 0.717) is 83.6 Å². The van der Waals surface area contributed by atoms with Crippen LogP contribution in [0.15, 0.2) is 131 Å². The van der Waals surface area contributed by atoms with Crippen LogP contribution in [-0.2, 0) is 22.4 Å². The van der Waals surface area contributed by atoms with Crippen molar-refractivity contribution in [3.63, 3.8) is 0 Å². The number of thiocarbonyl (C=S) groups is 2. The Balaban J connectivity index is 0.000000310. The van der Waals surface area contributed by atoms with Gasteiger partial charge in [0.1, 0.15) is 40.2 Å². The van der Waals surface area contributed by atoms with Crippen LogP contribution in [0.1, 0.15) is 31.4 Å². The van der Waals surface area contributed by atoms with E-state index < -0.39 is 0 Å². The molecule has 0 fully saturated rings. The first-order valence-electron chi connectivity index (χ1n) is 27.4. The zero-order valence-electron chi connectivity index (χ0n) is 53.2. The topological polar surface area (TPSA) is 299 Å². The maximum atomic E-state index is 11.5. The average Bonchev–Trinajstić information content (AvgIpc) is 1.71. The monoisotopic (exact) mass is 2540 g/mol. The molecule has 9 aromatic rings. The lowest BCUT2D eigenvalue weighted by molar-refractivity contribution is -0.141. The Labute approximate surface area is 744 Å². The van der Waals surface area contributed by atoms with Gasteiger partial charge in [-0.3, -0.25) is 10.1 Å². The van der Waals surface area contributed by atoms with E-state index in [2.05, 4.69) is 291 Å². The minimum absolute atomic E-state index is 0.150. The first kappa shape index (κ1) is 94.2. The summed E-state index contributed by atoms with van der Waals surface area (Å²) in [5, 5.41) is 15.6. The number of carbonyl (C=O) groups is 2. The van der Waals surface area contributed by atoms with E-state index >= 15 is 0 Å². The fourth-order valence-electron chi connectivity index (χ4n) is 7.57. The predicted octanol–water partition coefficient (Wildman–Crippen LogP) is 24.9. The van der Waals surface area contributed by atoms with E-state index in [-0.39, 0.29) is 24.2 Å². The number of nitrogens with one attached hydrogen (secondary N) is 2. The zero-order chi connectivity index (χ0) is 76.6. The number of urea groups is 1. The highest BCUT2D eigenvalue weighted by atomic mass is 79.9. The Hall–Kier alpha value is -1.000. The van der Waals surface area contributed by atoms with Crippen LogP contribution >= 0.6 is 318 Å².